The van der Waals surface area contributed by atoms with Gasteiger partial charge in [0, 0.05) is 89.6 Å². The van der Waals surface area contributed by atoms with Crippen LogP contribution in [0.1, 0.15) is 224 Å². The number of ether oxygens (including phenoxy) is 5. The van der Waals surface area contributed by atoms with Crippen molar-refractivity contribution in [1.82, 2.24) is 28.7 Å². The topological polar surface area (TPSA) is 452 Å². The maximum atomic E-state index is 13.9. The van der Waals surface area contributed by atoms with E-state index >= 15 is 0 Å². The Hall–Kier alpha value is -12.7. The predicted molar refractivity (Wildman–Crippen MR) is 514 cm³/mol. The number of esters is 5. The third-order valence-electron chi connectivity index (χ3n) is 20.9. The molecular weight excluding hydrogens is 2080 g/mol. The molecule has 5 aliphatic rings. The zero-order valence-corrected chi connectivity index (χ0v) is 83.1. The molecule has 32 nitrogen and oxygen atoms in total. The number of Topliss-reactive ketones (excluding diaryl/α,β-unsaturated/α-hetero) is 2. The molecule has 0 spiro atoms. The molecule has 48 heteroatoms. The van der Waals surface area contributed by atoms with Crippen molar-refractivity contribution in [1.29, 1.82) is 0 Å². The molecule has 5 saturated carbocycles. The molecule has 5 fully saturated rings. The highest BCUT2D eigenvalue weighted by molar-refractivity contribution is 7.86. The Kier molecular flexibility index (Phi) is 41.4. The number of rotatable bonds is 29. The van der Waals surface area contributed by atoms with Crippen molar-refractivity contribution in [3.63, 3.8) is 0 Å². The van der Waals surface area contributed by atoms with E-state index < -0.39 is 136 Å². The van der Waals surface area contributed by atoms with Gasteiger partial charge in [-0.1, -0.05) is 98.9 Å². The molecule has 0 amide bonds. The standard InChI is InChI=1S/C15H14ClFN2O2S.C15H14ClFN2O2.C15H16ClFO3.C13H10ClFN2O2.C12H14O4S.C9H7ClFNO4.C9H9ClFNO2.C7H3ClFNO4/c1-2-21-14(20)9-5-13(10(16)6-11(9)17)19-7-12(8-3-4-8)18-15(19)22;1-2-21-15(20)10-5-14(11(16)6-12(10)17)19-7-13(18-8-19)9-3-4-9;1-2-20-15(19)11-7-10(12(16)8-13(11)17)5-6-14(18)9-3-4-9;14-9-4-10(15)8(13(18)19)3-12(9)17-5-11(16-6-17)7-1-2-7;1-9-2-6-11(7-3-9)17(14,15)16-8-12(13)10-4-5-10;1-2-16-9(13)5-3-8(12(14)15)6(10)4-7(5)11;1-2-14-9(13)5-3-8(12)6(10)4-7(5)11;8-4-2-5(9)3(7(11)12)1-6(4)10(13)14/h5-8H,2-4H2,1H3,(H,18,22);5-9H,2-4H2,1H3;7-9H,2-6H2,1H3;3-7H,1-2H2,(H,18,19);2-3,6-7,10H,4-5,8H2,1H3;3-4H,2H2,1H3;3-4H,2,12H2,1H3;1-2H,(H,11,12). The van der Waals surface area contributed by atoms with Crippen LogP contribution in [0.25, 0.3) is 17.1 Å². The highest BCUT2D eigenvalue weighted by atomic mass is 35.5. The van der Waals surface area contributed by atoms with Crippen LogP contribution in [0, 0.1) is 84.5 Å². The number of nitro benzene ring substituents is 2. The van der Waals surface area contributed by atoms with E-state index in [1.807, 2.05) is 25.5 Å². The van der Waals surface area contributed by atoms with Crippen LogP contribution in [0.5, 0.6) is 0 Å². The number of nitro groups is 2. The molecule has 0 atom stereocenters. The number of carboxylic acids is 2. The molecule has 8 aromatic carbocycles. The number of aromatic nitrogens is 6. The second-order valence-electron chi connectivity index (χ2n) is 31.6. The predicted octanol–water partition coefficient (Wildman–Crippen LogP) is 23.5. The monoisotopic (exact) mass is 2160 g/mol. The Bertz CT molecular complexity index is 6800. The first-order valence-corrected chi connectivity index (χ1v) is 47.8. The van der Waals surface area contributed by atoms with Gasteiger partial charge in [-0.3, -0.25) is 38.6 Å². The number of nitrogens with one attached hydrogen (secondary N) is 1. The Labute approximate surface area is 851 Å². The summed E-state index contributed by atoms with van der Waals surface area (Å²) in [6, 6.07) is 20.9. The van der Waals surface area contributed by atoms with Gasteiger partial charge < -0.3 is 53.7 Å². The number of H-pyrrole nitrogens is 1. The van der Waals surface area contributed by atoms with E-state index in [0.717, 1.165) is 129 Å². The number of aromatic carboxylic acids is 2. The summed E-state index contributed by atoms with van der Waals surface area (Å²) in [4.78, 5) is 133. The minimum absolute atomic E-state index is 0.0169. The SMILES string of the molecule is CCOC(=O)c1cc(-n2cc(C3CC3)[nH]c2=S)c(Cl)cc1F.CCOC(=O)c1cc(-n2cnc(C3CC3)c2)c(Cl)cc1F.CCOC(=O)c1cc(CCC(=O)C2CC2)c(Cl)cc1F.CCOC(=O)c1cc(N)c(Cl)cc1F.CCOC(=O)c1cc([N+](=O)[O-])c(Cl)cc1F.Cc1ccc(S(=O)(=O)OCC(=O)C2CC2)cc1.O=C(O)c1cc(-n2cnc(C3CC3)c2)c(Cl)cc1F.O=C(O)c1cc([N+](=O)[O-])c(Cl)cc1F. The van der Waals surface area contributed by atoms with Crippen molar-refractivity contribution in [2.75, 3.05) is 45.4 Å². The summed E-state index contributed by atoms with van der Waals surface area (Å²) >= 11 is 45.7. The number of benzene rings is 8. The van der Waals surface area contributed by atoms with E-state index in [0.29, 0.717) is 76.2 Å². The van der Waals surface area contributed by atoms with E-state index in [1.54, 1.807) is 73.1 Å². The zero-order chi connectivity index (χ0) is 105. The highest BCUT2D eigenvalue weighted by Gasteiger charge is 2.35. The molecule has 16 rings (SSSR count). The Balaban J connectivity index is 0.000000183. The third kappa shape index (κ3) is 32.4. The third-order valence-corrected chi connectivity index (χ3v) is 24.6. The van der Waals surface area contributed by atoms with Gasteiger partial charge in [-0.2, -0.15) is 8.42 Å². The highest BCUT2D eigenvalue weighted by Crippen LogP contribution is 2.43. The van der Waals surface area contributed by atoms with Crippen molar-refractivity contribution >= 4 is 174 Å². The van der Waals surface area contributed by atoms with Crippen LogP contribution in [0.3, 0.4) is 0 Å². The van der Waals surface area contributed by atoms with E-state index in [9.17, 15) is 103 Å². The summed E-state index contributed by atoms with van der Waals surface area (Å²) in [5.41, 5.74) is 8.04. The minimum Gasteiger partial charge on any atom is -0.478 e. The van der Waals surface area contributed by atoms with Crippen LogP contribution in [-0.2, 0) is 54.0 Å². The molecular formula is C95H87Cl7F7N9O23S2. The average molecular weight is 2170 g/mol. The van der Waals surface area contributed by atoms with Crippen molar-refractivity contribution in [3.05, 3.63) is 308 Å². The van der Waals surface area contributed by atoms with Gasteiger partial charge in [-0.25, -0.2) is 74.3 Å². The fraction of sp³-hybridized carbons (Fsp3) is 0.305. The molecule has 5 N–H and O–H groups in total. The maximum absolute atomic E-state index is 13.9. The molecule has 0 bridgehead atoms. The van der Waals surface area contributed by atoms with Crippen molar-refractivity contribution in [2.45, 2.75) is 141 Å². The molecule has 0 unspecified atom stereocenters. The summed E-state index contributed by atoms with van der Waals surface area (Å²) in [6.45, 7) is 10.5. The number of carboxylic acid groups (broad SMARTS) is 2. The van der Waals surface area contributed by atoms with Crippen LogP contribution in [0.4, 0.5) is 47.8 Å². The lowest BCUT2D eigenvalue weighted by molar-refractivity contribution is -0.384. The van der Waals surface area contributed by atoms with Crippen LogP contribution in [0.2, 0.25) is 35.2 Å². The minimum atomic E-state index is -3.80. The van der Waals surface area contributed by atoms with Gasteiger partial charge in [-0.05, 0) is 203 Å². The second kappa shape index (κ2) is 52.0. The lowest BCUT2D eigenvalue weighted by Gasteiger charge is -2.09. The first kappa shape index (κ1) is 114. The molecule has 3 aromatic heterocycles. The van der Waals surface area contributed by atoms with Crippen LogP contribution >= 0.6 is 93.4 Å². The number of halogens is 14. The fourth-order valence-electron chi connectivity index (χ4n) is 12.7. The first-order chi connectivity index (χ1) is 67.6. The smallest absolute Gasteiger partial charge is 0.341 e. The second-order valence-corrected chi connectivity index (χ2v) is 36.4. The molecule has 143 heavy (non-hydrogen) atoms. The molecule has 0 aliphatic heterocycles. The number of hydrogen-bond donors (Lipinski definition) is 4. The van der Waals surface area contributed by atoms with Crippen molar-refractivity contribution < 1.29 is 130 Å². The van der Waals surface area contributed by atoms with Crippen molar-refractivity contribution in [3.8, 4) is 17.1 Å². The number of nitrogens with zero attached hydrogens (tertiary/aromatic N) is 7. The number of hydrogen-bond acceptors (Lipinski definition) is 25. The van der Waals surface area contributed by atoms with Gasteiger partial charge in [0.05, 0.1) is 142 Å². The summed E-state index contributed by atoms with van der Waals surface area (Å²) < 4.78 is 151. The molecule has 0 radical (unpaired) electrons. The Morgan fingerprint density at radius 1 is 0.455 bits per heavy atom. The molecule has 5 aliphatic carbocycles. The Morgan fingerprint density at radius 3 is 1.18 bits per heavy atom. The van der Waals surface area contributed by atoms with Gasteiger partial charge in [0.1, 0.15) is 74.3 Å². The number of nitrogen functional groups attached to an aromatic ring is 1. The normalized spacial score (nSPS) is 13.1. The average Bonchev–Trinajstić information content (AvgIpc) is 1.65. The number of carbonyl (C=O) groups is 9. The van der Waals surface area contributed by atoms with E-state index in [1.165, 1.54) is 36.4 Å². The lowest BCUT2D eigenvalue weighted by Crippen LogP contribution is -2.15. The molecule has 11 aromatic rings. The van der Waals surface area contributed by atoms with Crippen LogP contribution in [-0.4, -0.2) is 150 Å². The number of ketones is 2. The van der Waals surface area contributed by atoms with E-state index in [-0.39, 0.29) is 126 Å². The quantitative estimate of drug-likeness (QED) is 0.00494. The maximum Gasteiger partial charge on any atom is 0.341 e. The number of aryl methyl sites for hydroxylation is 2. The summed E-state index contributed by atoms with van der Waals surface area (Å²) in [5.74, 6) is -10.7. The fourth-order valence-corrected chi connectivity index (χ4v) is 15.4. The summed E-state index contributed by atoms with van der Waals surface area (Å²) in [7, 11) is -3.80. The van der Waals surface area contributed by atoms with Gasteiger partial charge in [0.2, 0.25) is 0 Å². The molecule has 3 heterocycles. The van der Waals surface area contributed by atoms with Gasteiger partial charge >= 0.3 is 41.8 Å². The molecule has 0 saturated heterocycles. The van der Waals surface area contributed by atoms with E-state index in [2.05, 4.69) is 24.4 Å². The largest absolute Gasteiger partial charge is 0.478 e. The van der Waals surface area contributed by atoms with Crippen LogP contribution < -0.4 is 5.73 Å². The summed E-state index contributed by atoms with van der Waals surface area (Å²) in [5, 5.41) is 38.3. The van der Waals surface area contributed by atoms with Gasteiger partial charge in [0.15, 0.2) is 10.6 Å². The Morgan fingerprint density at radius 2 is 0.790 bits per heavy atom. The number of aromatic amines is 1. The number of nitrogens with two attached hydrogens (primary N) is 1. The zero-order valence-electron chi connectivity index (χ0n) is 76.2. The number of carbonyl (C=O) groups excluding carboxylic acids is 7. The van der Waals surface area contributed by atoms with Crippen molar-refractivity contribution in [2.24, 2.45) is 11.8 Å². The number of imidazole rings is 3. The molecule has 760 valence electrons. The summed E-state index contributed by atoms with van der Waals surface area (Å²) in [6.07, 6.45) is 19.9. The number of anilines is 1. The lowest BCUT2D eigenvalue weighted by atomic mass is 10.0. The van der Waals surface area contributed by atoms with Crippen LogP contribution in [0.15, 0.2) is 145 Å². The van der Waals surface area contributed by atoms with E-state index in [4.69, 9.17) is 128 Å². The van der Waals surface area contributed by atoms with Gasteiger partial charge in [0.25, 0.3) is 21.5 Å². The van der Waals surface area contributed by atoms with Gasteiger partial charge in [-0.15, -0.1) is 0 Å². The first-order valence-electron chi connectivity index (χ1n) is 43.3.